The number of hydrogen-bond acceptors (Lipinski definition) is 2. The highest BCUT2D eigenvalue weighted by atomic mass is 16.1. The van der Waals surface area contributed by atoms with Gasteiger partial charge in [0.2, 0.25) is 5.91 Å². The number of aromatic nitrogens is 1. The second-order valence-corrected chi connectivity index (χ2v) is 8.25. The first kappa shape index (κ1) is 17.6. The number of likely N-dealkylation sites (tertiary alicyclic amines) is 1. The predicted octanol–water partition coefficient (Wildman–Crippen LogP) is 3.49. The lowest BCUT2D eigenvalue weighted by Crippen LogP contribution is -2.46. The molecular formula is C22H31N3O. The van der Waals surface area contributed by atoms with E-state index in [1.54, 1.807) is 0 Å². The molecule has 1 aliphatic heterocycles. The zero-order chi connectivity index (χ0) is 17.9. The minimum Gasteiger partial charge on any atom is -0.353 e. The molecule has 2 heterocycles. The van der Waals surface area contributed by atoms with E-state index in [0.717, 1.165) is 37.4 Å². The minimum atomic E-state index is 0.163. The second kappa shape index (κ2) is 7.83. The Morgan fingerprint density at radius 2 is 1.85 bits per heavy atom. The molecule has 1 aromatic heterocycles. The van der Waals surface area contributed by atoms with Crippen LogP contribution in [0.25, 0.3) is 10.9 Å². The van der Waals surface area contributed by atoms with Crippen molar-refractivity contribution < 1.29 is 4.79 Å². The molecule has 2 aromatic rings. The van der Waals surface area contributed by atoms with Gasteiger partial charge in [0.1, 0.15) is 0 Å². The summed E-state index contributed by atoms with van der Waals surface area (Å²) >= 11 is 0. The highest BCUT2D eigenvalue weighted by Crippen LogP contribution is 2.26. The van der Waals surface area contributed by atoms with E-state index in [-0.39, 0.29) is 5.91 Å². The first-order chi connectivity index (χ1) is 12.7. The minimum absolute atomic E-state index is 0.163. The van der Waals surface area contributed by atoms with Gasteiger partial charge < -0.3 is 14.8 Å². The van der Waals surface area contributed by atoms with Crippen molar-refractivity contribution in [2.75, 3.05) is 19.6 Å². The van der Waals surface area contributed by atoms with E-state index in [9.17, 15) is 4.79 Å². The standard InChI is InChI=1S/C22H31N3O/c1-24-16-18(20-8-4-5-9-21(20)24)14-22(26)23-19-10-12-25(13-11-19)15-17-6-2-3-7-17/h4-5,8-9,16-17,19H,2-3,6-7,10-15H2,1H3,(H,23,26). The summed E-state index contributed by atoms with van der Waals surface area (Å²) in [5.74, 6) is 1.09. The third kappa shape index (κ3) is 3.96. The van der Waals surface area contributed by atoms with Crippen molar-refractivity contribution in [2.45, 2.75) is 51.0 Å². The van der Waals surface area contributed by atoms with Crippen molar-refractivity contribution in [3.8, 4) is 0 Å². The number of benzene rings is 1. The number of carbonyl (C=O) groups excluding carboxylic acids is 1. The van der Waals surface area contributed by atoms with Crippen LogP contribution in [0.15, 0.2) is 30.5 Å². The number of rotatable bonds is 5. The van der Waals surface area contributed by atoms with Crippen LogP contribution < -0.4 is 5.32 Å². The number of carbonyl (C=O) groups is 1. The van der Waals surface area contributed by atoms with Crippen molar-refractivity contribution >= 4 is 16.8 Å². The van der Waals surface area contributed by atoms with Gasteiger partial charge in [0.05, 0.1) is 6.42 Å². The molecule has 1 amide bonds. The molecule has 1 saturated heterocycles. The molecule has 140 valence electrons. The number of fused-ring (bicyclic) bond motifs is 1. The molecule has 0 spiro atoms. The number of aryl methyl sites for hydroxylation is 1. The highest BCUT2D eigenvalue weighted by Gasteiger charge is 2.24. The number of para-hydroxylation sites is 1. The van der Waals surface area contributed by atoms with E-state index in [1.807, 2.05) is 19.2 Å². The average molecular weight is 354 g/mol. The quantitative estimate of drug-likeness (QED) is 0.893. The Morgan fingerprint density at radius 1 is 1.12 bits per heavy atom. The summed E-state index contributed by atoms with van der Waals surface area (Å²) in [6.07, 6.45) is 10.4. The number of nitrogens with zero attached hydrogens (tertiary/aromatic N) is 2. The summed E-state index contributed by atoms with van der Waals surface area (Å²) in [6, 6.07) is 8.66. The van der Waals surface area contributed by atoms with Crippen molar-refractivity contribution in [2.24, 2.45) is 13.0 Å². The number of amides is 1. The van der Waals surface area contributed by atoms with Gasteiger partial charge in [-0.2, -0.15) is 0 Å². The van der Waals surface area contributed by atoms with Crippen molar-refractivity contribution in [1.82, 2.24) is 14.8 Å². The molecule has 1 saturated carbocycles. The van der Waals surface area contributed by atoms with Gasteiger partial charge in [0.15, 0.2) is 0 Å². The summed E-state index contributed by atoms with van der Waals surface area (Å²) < 4.78 is 2.11. The first-order valence-corrected chi connectivity index (χ1v) is 10.2. The van der Waals surface area contributed by atoms with E-state index < -0.39 is 0 Å². The third-order valence-electron chi connectivity index (χ3n) is 6.27. The van der Waals surface area contributed by atoms with Crippen LogP contribution in [0.3, 0.4) is 0 Å². The van der Waals surface area contributed by atoms with E-state index in [1.165, 1.54) is 43.1 Å². The molecule has 4 heteroatoms. The molecule has 1 aliphatic carbocycles. The Bertz CT molecular complexity index is 752. The van der Waals surface area contributed by atoms with Gasteiger partial charge >= 0.3 is 0 Å². The van der Waals surface area contributed by atoms with Gasteiger partial charge in [-0.3, -0.25) is 4.79 Å². The molecule has 1 aromatic carbocycles. The highest BCUT2D eigenvalue weighted by molar-refractivity contribution is 5.89. The van der Waals surface area contributed by atoms with Gasteiger partial charge in [-0.05, 0) is 43.2 Å². The van der Waals surface area contributed by atoms with Crippen LogP contribution in [0.2, 0.25) is 0 Å². The Balaban J connectivity index is 1.27. The van der Waals surface area contributed by atoms with Crippen molar-refractivity contribution in [3.05, 3.63) is 36.0 Å². The predicted molar refractivity (Wildman–Crippen MR) is 106 cm³/mol. The van der Waals surface area contributed by atoms with E-state index >= 15 is 0 Å². The van der Waals surface area contributed by atoms with Crippen LogP contribution in [0, 0.1) is 5.92 Å². The Labute approximate surface area is 156 Å². The molecule has 26 heavy (non-hydrogen) atoms. The lowest BCUT2D eigenvalue weighted by molar-refractivity contribution is -0.121. The van der Waals surface area contributed by atoms with Gasteiger partial charge in [-0.1, -0.05) is 31.0 Å². The lowest BCUT2D eigenvalue weighted by Gasteiger charge is -2.33. The van der Waals surface area contributed by atoms with Crippen LogP contribution >= 0.6 is 0 Å². The molecule has 0 atom stereocenters. The smallest absolute Gasteiger partial charge is 0.224 e. The van der Waals surface area contributed by atoms with Crippen molar-refractivity contribution in [1.29, 1.82) is 0 Å². The van der Waals surface area contributed by atoms with Gasteiger partial charge in [0, 0.05) is 49.8 Å². The fourth-order valence-corrected chi connectivity index (χ4v) is 4.84. The maximum Gasteiger partial charge on any atom is 0.224 e. The molecule has 0 unspecified atom stereocenters. The Hall–Kier alpha value is -1.81. The third-order valence-corrected chi connectivity index (χ3v) is 6.27. The summed E-state index contributed by atoms with van der Waals surface area (Å²) in [7, 11) is 2.05. The van der Waals surface area contributed by atoms with Gasteiger partial charge in [-0.25, -0.2) is 0 Å². The maximum atomic E-state index is 12.6. The zero-order valence-electron chi connectivity index (χ0n) is 15.9. The van der Waals surface area contributed by atoms with E-state index in [0.29, 0.717) is 12.5 Å². The fraction of sp³-hybridized carbons (Fsp3) is 0.591. The topological polar surface area (TPSA) is 37.3 Å². The Morgan fingerprint density at radius 3 is 2.62 bits per heavy atom. The van der Waals surface area contributed by atoms with Crippen LogP contribution in [0.1, 0.15) is 44.1 Å². The maximum absolute atomic E-state index is 12.6. The molecule has 4 rings (SSSR count). The molecule has 1 N–H and O–H groups in total. The van der Waals surface area contributed by atoms with E-state index in [4.69, 9.17) is 0 Å². The Kier molecular flexibility index (Phi) is 5.30. The first-order valence-electron chi connectivity index (χ1n) is 10.2. The summed E-state index contributed by atoms with van der Waals surface area (Å²) in [4.78, 5) is 15.2. The molecule has 2 fully saturated rings. The van der Waals surface area contributed by atoms with Crippen LogP contribution in [0.4, 0.5) is 0 Å². The average Bonchev–Trinajstić information content (AvgIpc) is 3.26. The second-order valence-electron chi connectivity index (χ2n) is 8.25. The number of hydrogen-bond donors (Lipinski definition) is 1. The van der Waals surface area contributed by atoms with Crippen molar-refractivity contribution in [3.63, 3.8) is 0 Å². The normalized spacial score (nSPS) is 20.0. The molecule has 4 nitrogen and oxygen atoms in total. The molecule has 0 bridgehead atoms. The van der Waals surface area contributed by atoms with Crippen LogP contribution in [0.5, 0.6) is 0 Å². The molecule has 2 aliphatic rings. The number of nitrogens with one attached hydrogen (secondary N) is 1. The summed E-state index contributed by atoms with van der Waals surface area (Å²) in [6.45, 7) is 3.54. The summed E-state index contributed by atoms with van der Waals surface area (Å²) in [5, 5.41) is 4.47. The summed E-state index contributed by atoms with van der Waals surface area (Å²) in [5.41, 5.74) is 2.31. The van der Waals surface area contributed by atoms with E-state index in [2.05, 4.69) is 33.1 Å². The largest absolute Gasteiger partial charge is 0.353 e. The van der Waals surface area contributed by atoms with Crippen LogP contribution in [-0.2, 0) is 18.3 Å². The molecular weight excluding hydrogens is 322 g/mol. The van der Waals surface area contributed by atoms with Gasteiger partial charge in [-0.15, -0.1) is 0 Å². The SMILES string of the molecule is Cn1cc(CC(=O)NC2CCN(CC3CCCC3)CC2)c2ccccc21. The fourth-order valence-electron chi connectivity index (χ4n) is 4.84. The number of piperidine rings is 1. The van der Waals surface area contributed by atoms with Gasteiger partial charge in [0.25, 0.3) is 0 Å². The van der Waals surface area contributed by atoms with Crippen LogP contribution in [-0.4, -0.2) is 41.1 Å². The lowest BCUT2D eigenvalue weighted by atomic mass is 10.0. The zero-order valence-corrected chi connectivity index (χ0v) is 15.9. The molecule has 0 radical (unpaired) electrons. The monoisotopic (exact) mass is 353 g/mol.